The third kappa shape index (κ3) is 9.43. The number of rotatable bonds is 12. The molecule has 66 heavy (non-hydrogen) atoms. The molecule has 10 rings (SSSR count). The first kappa shape index (κ1) is 44.7. The summed E-state index contributed by atoms with van der Waals surface area (Å²) in [6, 6.07) is 10.9. The Morgan fingerprint density at radius 2 is 1.00 bits per heavy atom. The monoisotopic (exact) mass is 894 g/mol. The average Bonchev–Trinajstić information content (AvgIpc) is 4.21. The molecule has 16 heteroatoms. The first-order chi connectivity index (χ1) is 31.3. The number of anilines is 4. The summed E-state index contributed by atoms with van der Waals surface area (Å²) < 4.78 is 23.0. The van der Waals surface area contributed by atoms with Gasteiger partial charge in [-0.15, -0.1) is 0 Å². The second-order valence-corrected chi connectivity index (χ2v) is 19.6. The third-order valence-electron chi connectivity index (χ3n) is 12.6. The number of nitrogens with two attached hydrogens (primary N) is 2. The molecular weight excluding hydrogens is 837 g/mol. The number of esters is 2. The molecule has 0 saturated heterocycles. The van der Waals surface area contributed by atoms with E-state index in [0.717, 1.165) is 71.2 Å². The van der Waals surface area contributed by atoms with Crippen LogP contribution in [0.3, 0.4) is 0 Å². The van der Waals surface area contributed by atoms with Gasteiger partial charge in [0.25, 0.3) is 0 Å². The normalized spacial score (nSPS) is 18.9. The zero-order valence-electron chi connectivity index (χ0n) is 38.9. The molecule has 6 aromatic rings. The smallest absolute Gasteiger partial charge is 0.340 e. The molecule has 0 unspecified atom stereocenters. The Bertz CT molecular complexity index is 2700. The number of carbonyl (C=O) groups is 2. The van der Waals surface area contributed by atoms with Gasteiger partial charge in [0.05, 0.1) is 33.3 Å². The Hall–Kier alpha value is -6.52. The SMILES string of the molecule is CC[C@@](C)(N)c1cnc(OC2CC2)c2cnc(Nc3ccc4c(n3)CC(C)(C)OC4=O)cc12.CC[C@](C)(N)c1cnc(OC2CC2)c2cnc(Nc3ccc4c(n3)CC(C)(C)OC4=O)cc12. The first-order valence-corrected chi connectivity index (χ1v) is 22.8. The Labute approximate surface area is 384 Å². The summed E-state index contributed by atoms with van der Waals surface area (Å²) in [4.78, 5) is 52.2. The van der Waals surface area contributed by atoms with Gasteiger partial charge in [-0.2, -0.15) is 0 Å². The van der Waals surface area contributed by atoms with E-state index < -0.39 is 22.3 Å². The first-order valence-electron chi connectivity index (χ1n) is 22.8. The number of hydrogen-bond donors (Lipinski definition) is 4. The number of carbonyl (C=O) groups excluding carboxylic acids is 2. The molecule has 2 aliphatic carbocycles. The summed E-state index contributed by atoms with van der Waals surface area (Å²) in [5.74, 6) is 2.99. The summed E-state index contributed by atoms with van der Waals surface area (Å²) in [7, 11) is 0. The van der Waals surface area contributed by atoms with Crippen LogP contribution in [-0.2, 0) is 33.4 Å². The Morgan fingerprint density at radius 3 is 1.36 bits per heavy atom. The lowest BCUT2D eigenvalue weighted by atomic mass is 9.88. The number of fused-ring (bicyclic) bond motifs is 4. The van der Waals surface area contributed by atoms with Crippen LogP contribution in [0.15, 0.2) is 61.2 Å². The van der Waals surface area contributed by atoms with Crippen LogP contribution in [0.5, 0.6) is 11.8 Å². The summed E-state index contributed by atoms with van der Waals surface area (Å²) in [6.07, 6.45) is 14.5. The van der Waals surface area contributed by atoms with Crippen molar-refractivity contribution in [2.45, 2.75) is 141 Å². The molecule has 4 aliphatic rings. The van der Waals surface area contributed by atoms with Crippen molar-refractivity contribution in [3.05, 3.63) is 94.8 Å². The highest BCUT2D eigenvalue weighted by Gasteiger charge is 2.35. The molecule has 6 aromatic heterocycles. The van der Waals surface area contributed by atoms with E-state index in [1.807, 2.05) is 66.1 Å². The minimum Gasteiger partial charge on any atom is -0.474 e. The molecule has 0 radical (unpaired) electrons. The number of nitrogens with zero attached hydrogens (tertiary/aromatic N) is 6. The van der Waals surface area contributed by atoms with Gasteiger partial charge >= 0.3 is 11.9 Å². The van der Waals surface area contributed by atoms with E-state index in [4.69, 9.17) is 30.4 Å². The molecule has 0 amide bonds. The summed E-state index contributed by atoms with van der Waals surface area (Å²) >= 11 is 0. The summed E-state index contributed by atoms with van der Waals surface area (Å²) in [5.41, 5.74) is 15.3. The van der Waals surface area contributed by atoms with Crippen molar-refractivity contribution in [1.29, 1.82) is 0 Å². The molecule has 8 heterocycles. The largest absolute Gasteiger partial charge is 0.474 e. The van der Waals surface area contributed by atoms with Crippen molar-refractivity contribution < 1.29 is 28.5 Å². The van der Waals surface area contributed by atoms with Crippen molar-refractivity contribution in [2.24, 2.45) is 11.5 Å². The lowest BCUT2D eigenvalue weighted by Crippen LogP contribution is -2.36. The van der Waals surface area contributed by atoms with Gasteiger partial charge in [0.1, 0.15) is 46.7 Å². The summed E-state index contributed by atoms with van der Waals surface area (Å²) in [5, 5.41) is 10.2. The van der Waals surface area contributed by atoms with E-state index in [-0.39, 0.29) is 24.1 Å². The molecule has 2 fully saturated rings. The van der Waals surface area contributed by atoms with Crippen LogP contribution in [-0.4, -0.2) is 65.3 Å². The Kier molecular flexibility index (Phi) is 11.3. The van der Waals surface area contributed by atoms with Crippen LogP contribution in [0.25, 0.3) is 21.5 Å². The van der Waals surface area contributed by atoms with E-state index in [1.165, 1.54) is 0 Å². The number of nitrogens with one attached hydrogen (secondary N) is 2. The van der Waals surface area contributed by atoms with Gasteiger partial charge in [0.2, 0.25) is 11.8 Å². The number of cyclic esters (lactones) is 2. The summed E-state index contributed by atoms with van der Waals surface area (Å²) in [6.45, 7) is 15.7. The van der Waals surface area contributed by atoms with Gasteiger partial charge in [0.15, 0.2) is 0 Å². The van der Waals surface area contributed by atoms with Crippen molar-refractivity contribution in [1.82, 2.24) is 29.9 Å². The van der Waals surface area contributed by atoms with Crippen LogP contribution in [0.1, 0.15) is 137 Å². The van der Waals surface area contributed by atoms with Crippen LogP contribution in [0.4, 0.5) is 23.3 Å². The average molecular weight is 895 g/mol. The molecule has 0 bridgehead atoms. The van der Waals surface area contributed by atoms with Gasteiger partial charge in [-0.3, -0.25) is 0 Å². The minimum atomic E-state index is -0.581. The molecule has 0 aromatic carbocycles. The zero-order chi connectivity index (χ0) is 46.8. The number of aromatic nitrogens is 6. The molecular formula is C50H58N10O6. The zero-order valence-corrected chi connectivity index (χ0v) is 38.9. The quantitative estimate of drug-likeness (QED) is 0.0842. The predicted molar refractivity (Wildman–Crippen MR) is 251 cm³/mol. The van der Waals surface area contributed by atoms with Gasteiger partial charge in [0, 0.05) is 48.7 Å². The second kappa shape index (κ2) is 16.7. The van der Waals surface area contributed by atoms with Gasteiger partial charge in [-0.25, -0.2) is 39.5 Å². The predicted octanol–water partition coefficient (Wildman–Crippen LogP) is 8.77. The minimum absolute atomic E-state index is 0.232. The Morgan fingerprint density at radius 1 is 0.606 bits per heavy atom. The van der Waals surface area contributed by atoms with Crippen molar-refractivity contribution >= 4 is 56.8 Å². The highest BCUT2D eigenvalue weighted by molar-refractivity contribution is 5.95. The van der Waals surface area contributed by atoms with Crippen molar-refractivity contribution in [2.75, 3.05) is 10.6 Å². The molecule has 344 valence electrons. The molecule has 2 saturated carbocycles. The standard InChI is InChI=1S/2C25H29N5O3/c2*1-5-25(4,26)18-13-28-22(32-14-6-7-14)17-12-27-21(10-16(17)18)30-20-9-8-15-19(29-20)11-24(2,3)33-23(15)31/h2*8-10,12-14H,5-7,11,26H2,1-4H3,(H,27,29,30)/t2*25-/m10/s1. The van der Waals surface area contributed by atoms with Crippen LogP contribution < -0.4 is 31.6 Å². The van der Waals surface area contributed by atoms with Crippen LogP contribution in [0, 0.1) is 0 Å². The van der Waals surface area contributed by atoms with Crippen LogP contribution >= 0.6 is 0 Å². The fourth-order valence-corrected chi connectivity index (χ4v) is 8.06. The molecule has 2 atom stereocenters. The second-order valence-electron chi connectivity index (χ2n) is 19.6. The Balaban J connectivity index is 0.000000166. The van der Waals surface area contributed by atoms with E-state index in [1.54, 1.807) is 36.7 Å². The highest BCUT2D eigenvalue weighted by atomic mass is 16.6. The maximum Gasteiger partial charge on any atom is 0.340 e. The van der Waals surface area contributed by atoms with Gasteiger partial charge in [-0.1, -0.05) is 13.8 Å². The third-order valence-corrected chi connectivity index (χ3v) is 12.6. The maximum atomic E-state index is 12.3. The lowest BCUT2D eigenvalue weighted by Gasteiger charge is -2.30. The van der Waals surface area contributed by atoms with E-state index in [9.17, 15) is 9.59 Å². The van der Waals surface area contributed by atoms with Gasteiger partial charge < -0.3 is 41.0 Å². The number of ether oxygens (including phenoxy) is 4. The van der Waals surface area contributed by atoms with Crippen LogP contribution in [0.2, 0.25) is 0 Å². The number of pyridine rings is 6. The van der Waals surface area contributed by atoms with Gasteiger partial charge in [-0.05, 0) is 138 Å². The maximum absolute atomic E-state index is 12.3. The molecule has 2 aliphatic heterocycles. The van der Waals surface area contributed by atoms with E-state index >= 15 is 0 Å². The van der Waals surface area contributed by atoms with E-state index in [0.29, 0.717) is 70.4 Å². The lowest BCUT2D eigenvalue weighted by molar-refractivity contribution is -0.00835. The fourth-order valence-electron chi connectivity index (χ4n) is 8.06. The number of hydrogen-bond acceptors (Lipinski definition) is 16. The molecule has 0 spiro atoms. The highest BCUT2D eigenvalue weighted by Crippen LogP contribution is 2.39. The van der Waals surface area contributed by atoms with Crippen molar-refractivity contribution in [3.63, 3.8) is 0 Å². The topological polar surface area (TPSA) is 225 Å². The molecule has 16 nitrogen and oxygen atoms in total. The van der Waals surface area contributed by atoms with E-state index in [2.05, 4.69) is 54.4 Å². The van der Waals surface area contributed by atoms with Crippen molar-refractivity contribution in [3.8, 4) is 11.8 Å². The fraction of sp³-hybridized carbons (Fsp3) is 0.440. The molecule has 6 N–H and O–H groups in total.